The highest BCUT2D eigenvalue weighted by atomic mass is 16.5. The van der Waals surface area contributed by atoms with Crippen molar-refractivity contribution in [3.05, 3.63) is 22.6 Å². The van der Waals surface area contributed by atoms with E-state index in [1.54, 1.807) is 14.2 Å². The Bertz CT molecular complexity index is 422. The number of fused-ring (bicyclic) bond motifs is 1. The Morgan fingerprint density at radius 3 is 2.40 bits per heavy atom. The van der Waals surface area contributed by atoms with Gasteiger partial charge in [-0.1, -0.05) is 6.08 Å². The van der Waals surface area contributed by atoms with Crippen molar-refractivity contribution in [1.82, 2.24) is 5.32 Å². The van der Waals surface area contributed by atoms with Crippen LogP contribution in [0.25, 0.3) is 12.3 Å². The molecule has 1 aromatic carbocycles. The van der Waals surface area contributed by atoms with Gasteiger partial charge in [-0.2, -0.15) is 0 Å². The number of ether oxygens (including phenoxy) is 2. The summed E-state index contributed by atoms with van der Waals surface area (Å²) in [6.07, 6.45) is 5.24. The third-order valence-corrected chi connectivity index (χ3v) is 2.50. The maximum Gasteiger partial charge on any atom is 0.161 e. The lowest BCUT2D eigenvalue weighted by Crippen LogP contribution is -2.25. The fourth-order valence-corrected chi connectivity index (χ4v) is 1.71. The zero-order valence-electron chi connectivity index (χ0n) is 9.04. The van der Waals surface area contributed by atoms with Gasteiger partial charge < -0.3 is 14.8 Å². The summed E-state index contributed by atoms with van der Waals surface area (Å²) in [4.78, 5) is 0. The van der Waals surface area contributed by atoms with Gasteiger partial charge >= 0.3 is 0 Å². The quantitative estimate of drug-likeness (QED) is 0.749. The van der Waals surface area contributed by atoms with Gasteiger partial charge in [0.05, 0.1) is 14.2 Å². The summed E-state index contributed by atoms with van der Waals surface area (Å²) in [6, 6.07) is 4.00. The molecule has 1 aliphatic heterocycles. The van der Waals surface area contributed by atoms with Gasteiger partial charge in [0.2, 0.25) is 0 Å². The summed E-state index contributed by atoms with van der Waals surface area (Å²) in [5.41, 5.74) is 0. The average Bonchev–Trinajstić information content (AvgIpc) is 2.51. The van der Waals surface area contributed by atoms with Crippen LogP contribution < -0.4 is 25.2 Å². The standard InChI is InChI=1S/C12H15NO2/c1-14-11-6-9-4-3-5-13-8-10(9)7-12(11)15-2/h4,6-8,13H,3,5H2,1-2H3. The summed E-state index contributed by atoms with van der Waals surface area (Å²) in [7, 11) is 3.31. The molecule has 1 N–H and O–H groups in total. The summed E-state index contributed by atoms with van der Waals surface area (Å²) >= 11 is 0. The molecule has 0 radical (unpaired) electrons. The molecule has 3 heteroatoms. The minimum Gasteiger partial charge on any atom is -0.493 e. The fourth-order valence-electron chi connectivity index (χ4n) is 1.71. The lowest BCUT2D eigenvalue weighted by molar-refractivity contribution is 0.354. The third-order valence-electron chi connectivity index (χ3n) is 2.50. The van der Waals surface area contributed by atoms with Crippen LogP contribution in [0, 0.1) is 0 Å². The van der Waals surface area contributed by atoms with Crippen molar-refractivity contribution in [3.63, 3.8) is 0 Å². The van der Waals surface area contributed by atoms with Crippen LogP contribution in [0.15, 0.2) is 12.1 Å². The first-order chi connectivity index (χ1) is 7.35. The Balaban J connectivity index is 2.66. The van der Waals surface area contributed by atoms with Gasteiger partial charge in [-0.05, 0) is 23.8 Å². The number of benzene rings is 1. The Morgan fingerprint density at radius 2 is 1.73 bits per heavy atom. The average molecular weight is 205 g/mol. The van der Waals surface area contributed by atoms with E-state index in [4.69, 9.17) is 9.47 Å². The van der Waals surface area contributed by atoms with Crippen LogP contribution in [0.4, 0.5) is 0 Å². The van der Waals surface area contributed by atoms with E-state index < -0.39 is 0 Å². The highest BCUT2D eigenvalue weighted by molar-refractivity contribution is 5.46. The molecule has 0 saturated heterocycles. The maximum absolute atomic E-state index is 5.26. The molecule has 1 aromatic rings. The van der Waals surface area contributed by atoms with E-state index >= 15 is 0 Å². The monoisotopic (exact) mass is 205 g/mol. The van der Waals surface area contributed by atoms with Gasteiger partial charge in [0.15, 0.2) is 11.5 Å². The summed E-state index contributed by atoms with van der Waals surface area (Å²) in [6.45, 7) is 0.972. The van der Waals surface area contributed by atoms with Crippen LogP contribution in [0.3, 0.4) is 0 Å². The molecule has 2 rings (SSSR count). The number of rotatable bonds is 2. The molecule has 0 bridgehead atoms. The maximum atomic E-state index is 5.26. The number of methoxy groups -OCH3 is 2. The second kappa shape index (κ2) is 4.26. The minimum atomic E-state index is 0.768. The second-order valence-corrected chi connectivity index (χ2v) is 3.43. The Morgan fingerprint density at radius 1 is 1.07 bits per heavy atom. The predicted molar refractivity (Wildman–Crippen MR) is 60.3 cm³/mol. The molecule has 80 valence electrons. The van der Waals surface area contributed by atoms with Crippen LogP contribution in [-0.4, -0.2) is 20.8 Å². The largest absolute Gasteiger partial charge is 0.493 e. The lowest BCUT2D eigenvalue weighted by atomic mass is 10.2. The SMILES string of the molecule is COc1cc2c(cc1OC)=CNCCC=2. The molecule has 0 saturated carbocycles. The molecule has 0 aromatic heterocycles. The zero-order chi connectivity index (χ0) is 10.7. The molecule has 15 heavy (non-hydrogen) atoms. The molecule has 1 aliphatic rings. The van der Waals surface area contributed by atoms with Crippen molar-refractivity contribution in [2.75, 3.05) is 20.8 Å². The molecular weight excluding hydrogens is 190 g/mol. The molecule has 0 spiro atoms. The van der Waals surface area contributed by atoms with Crippen molar-refractivity contribution in [2.45, 2.75) is 6.42 Å². The third kappa shape index (κ3) is 1.91. The molecule has 0 atom stereocenters. The van der Waals surface area contributed by atoms with Gasteiger partial charge in [0.1, 0.15) is 0 Å². The van der Waals surface area contributed by atoms with Crippen molar-refractivity contribution < 1.29 is 9.47 Å². The van der Waals surface area contributed by atoms with Gasteiger partial charge in [0.25, 0.3) is 0 Å². The van der Waals surface area contributed by atoms with Crippen LogP contribution in [0.2, 0.25) is 0 Å². The Labute approximate surface area is 89.0 Å². The number of hydrogen-bond donors (Lipinski definition) is 1. The molecule has 0 aliphatic carbocycles. The van der Waals surface area contributed by atoms with E-state index in [-0.39, 0.29) is 0 Å². The van der Waals surface area contributed by atoms with Crippen LogP contribution in [0.5, 0.6) is 11.5 Å². The zero-order valence-corrected chi connectivity index (χ0v) is 9.04. The van der Waals surface area contributed by atoms with Crippen molar-refractivity contribution >= 4 is 12.3 Å². The summed E-state index contributed by atoms with van der Waals surface area (Å²) < 4.78 is 10.5. The molecular formula is C12H15NO2. The molecule has 1 heterocycles. The van der Waals surface area contributed by atoms with Crippen molar-refractivity contribution in [2.24, 2.45) is 0 Å². The molecule has 0 unspecified atom stereocenters. The van der Waals surface area contributed by atoms with Gasteiger partial charge in [-0.15, -0.1) is 0 Å². The minimum absolute atomic E-state index is 0.768. The lowest BCUT2D eigenvalue weighted by Gasteiger charge is -2.06. The van der Waals surface area contributed by atoms with Gasteiger partial charge in [-0.25, -0.2) is 0 Å². The second-order valence-electron chi connectivity index (χ2n) is 3.43. The summed E-state index contributed by atoms with van der Waals surface area (Å²) in [5.74, 6) is 1.55. The van der Waals surface area contributed by atoms with E-state index in [1.807, 2.05) is 18.3 Å². The van der Waals surface area contributed by atoms with E-state index in [0.29, 0.717) is 0 Å². The topological polar surface area (TPSA) is 30.5 Å². The van der Waals surface area contributed by atoms with E-state index in [0.717, 1.165) is 29.7 Å². The van der Waals surface area contributed by atoms with E-state index in [1.165, 1.54) is 5.22 Å². The van der Waals surface area contributed by atoms with E-state index in [9.17, 15) is 0 Å². The highest BCUT2D eigenvalue weighted by Gasteiger charge is 2.03. The highest BCUT2D eigenvalue weighted by Crippen LogP contribution is 2.21. The van der Waals surface area contributed by atoms with Crippen LogP contribution in [0.1, 0.15) is 6.42 Å². The number of nitrogens with one attached hydrogen (secondary N) is 1. The van der Waals surface area contributed by atoms with E-state index in [2.05, 4.69) is 11.4 Å². The summed E-state index contributed by atoms with van der Waals surface area (Å²) in [5, 5.41) is 5.58. The fraction of sp³-hybridized carbons (Fsp3) is 0.333. The van der Waals surface area contributed by atoms with Crippen molar-refractivity contribution in [3.8, 4) is 11.5 Å². The predicted octanol–water partition coefficient (Wildman–Crippen LogP) is 0.216. The Hall–Kier alpha value is -1.64. The van der Waals surface area contributed by atoms with Crippen LogP contribution >= 0.6 is 0 Å². The van der Waals surface area contributed by atoms with Crippen LogP contribution in [-0.2, 0) is 0 Å². The number of hydrogen-bond acceptors (Lipinski definition) is 3. The molecule has 0 amide bonds. The first-order valence-corrected chi connectivity index (χ1v) is 5.01. The molecule has 3 nitrogen and oxygen atoms in total. The first kappa shape index (κ1) is 9.90. The smallest absolute Gasteiger partial charge is 0.161 e. The molecule has 0 fully saturated rings. The Kier molecular flexibility index (Phi) is 2.81. The normalized spacial score (nSPS) is 13.7. The van der Waals surface area contributed by atoms with Crippen molar-refractivity contribution in [1.29, 1.82) is 0 Å². The first-order valence-electron chi connectivity index (χ1n) is 5.01. The van der Waals surface area contributed by atoms with Gasteiger partial charge in [-0.3, -0.25) is 0 Å². The van der Waals surface area contributed by atoms with Gasteiger partial charge in [0, 0.05) is 18.0 Å².